The SMILES string of the molecule is CC1CC(Cn2ncc(C(=O)O)c2C(C)C)C1. The van der Waals surface area contributed by atoms with Crippen LogP contribution in [0.25, 0.3) is 0 Å². The molecule has 0 aromatic carbocycles. The molecule has 1 fully saturated rings. The number of nitrogens with zero attached hydrogens (tertiary/aromatic N) is 2. The second-order valence-electron chi connectivity index (χ2n) is 5.53. The predicted octanol–water partition coefficient (Wildman–Crippen LogP) is 2.75. The highest BCUT2D eigenvalue weighted by molar-refractivity contribution is 5.88. The lowest BCUT2D eigenvalue weighted by molar-refractivity contribution is 0.0694. The van der Waals surface area contributed by atoms with Crippen molar-refractivity contribution in [1.82, 2.24) is 9.78 Å². The highest BCUT2D eigenvalue weighted by Crippen LogP contribution is 2.35. The molecule has 1 aromatic rings. The van der Waals surface area contributed by atoms with E-state index in [-0.39, 0.29) is 5.92 Å². The van der Waals surface area contributed by atoms with Crippen LogP contribution in [-0.2, 0) is 6.54 Å². The van der Waals surface area contributed by atoms with Crippen molar-refractivity contribution in [1.29, 1.82) is 0 Å². The molecule has 0 radical (unpaired) electrons. The molecule has 1 heterocycles. The Kier molecular flexibility index (Phi) is 3.22. The molecule has 0 spiro atoms. The lowest BCUT2D eigenvalue weighted by Gasteiger charge is -2.33. The maximum atomic E-state index is 11.1. The van der Waals surface area contributed by atoms with E-state index in [1.165, 1.54) is 19.0 Å². The van der Waals surface area contributed by atoms with E-state index in [1.54, 1.807) is 0 Å². The van der Waals surface area contributed by atoms with E-state index in [9.17, 15) is 4.79 Å². The van der Waals surface area contributed by atoms with Crippen LogP contribution in [0.3, 0.4) is 0 Å². The lowest BCUT2D eigenvalue weighted by atomic mass is 9.76. The maximum absolute atomic E-state index is 11.1. The van der Waals surface area contributed by atoms with Gasteiger partial charge in [0.25, 0.3) is 0 Å². The van der Waals surface area contributed by atoms with E-state index >= 15 is 0 Å². The van der Waals surface area contributed by atoms with E-state index in [1.807, 2.05) is 18.5 Å². The molecule has 0 bridgehead atoms. The molecule has 1 aromatic heterocycles. The maximum Gasteiger partial charge on any atom is 0.339 e. The van der Waals surface area contributed by atoms with Crippen molar-refractivity contribution < 1.29 is 9.90 Å². The Labute approximate surface area is 102 Å². The van der Waals surface area contributed by atoms with Crippen molar-refractivity contribution in [2.75, 3.05) is 0 Å². The third-order valence-electron chi connectivity index (χ3n) is 3.56. The second-order valence-corrected chi connectivity index (χ2v) is 5.53. The molecule has 0 atom stereocenters. The number of aromatic carboxylic acids is 1. The molecule has 4 heteroatoms. The van der Waals surface area contributed by atoms with Crippen molar-refractivity contribution in [3.63, 3.8) is 0 Å². The zero-order chi connectivity index (χ0) is 12.6. The van der Waals surface area contributed by atoms with Gasteiger partial charge in [-0.25, -0.2) is 4.79 Å². The Hall–Kier alpha value is -1.32. The highest BCUT2D eigenvalue weighted by Gasteiger charge is 2.28. The minimum absolute atomic E-state index is 0.195. The fourth-order valence-corrected chi connectivity index (χ4v) is 2.78. The van der Waals surface area contributed by atoms with Crippen LogP contribution in [-0.4, -0.2) is 20.9 Å². The van der Waals surface area contributed by atoms with Gasteiger partial charge in [-0.05, 0) is 30.6 Å². The Bertz CT molecular complexity index is 417. The van der Waals surface area contributed by atoms with Gasteiger partial charge in [-0.2, -0.15) is 5.10 Å². The van der Waals surface area contributed by atoms with Gasteiger partial charge in [0, 0.05) is 6.54 Å². The van der Waals surface area contributed by atoms with Crippen LogP contribution >= 0.6 is 0 Å². The third-order valence-corrected chi connectivity index (χ3v) is 3.56. The number of carbonyl (C=O) groups is 1. The normalized spacial score (nSPS) is 23.8. The van der Waals surface area contributed by atoms with Gasteiger partial charge in [0.1, 0.15) is 5.56 Å². The molecule has 17 heavy (non-hydrogen) atoms. The molecule has 0 amide bonds. The van der Waals surface area contributed by atoms with Crippen LogP contribution in [0.2, 0.25) is 0 Å². The van der Waals surface area contributed by atoms with Gasteiger partial charge in [-0.3, -0.25) is 4.68 Å². The molecule has 0 unspecified atom stereocenters. The number of aromatic nitrogens is 2. The van der Waals surface area contributed by atoms with E-state index in [0.29, 0.717) is 11.5 Å². The molecule has 0 saturated heterocycles. The van der Waals surface area contributed by atoms with Crippen LogP contribution in [0, 0.1) is 11.8 Å². The second kappa shape index (κ2) is 4.51. The molecular weight excluding hydrogens is 216 g/mol. The van der Waals surface area contributed by atoms with Crippen molar-refractivity contribution >= 4 is 5.97 Å². The standard InChI is InChI=1S/C13H20N2O2/c1-8(2)12-11(13(16)17)6-14-15(12)7-10-4-9(3)5-10/h6,8-10H,4-5,7H2,1-3H3,(H,16,17). The predicted molar refractivity (Wildman–Crippen MR) is 65.2 cm³/mol. The average molecular weight is 236 g/mol. The van der Waals surface area contributed by atoms with E-state index in [0.717, 1.165) is 18.2 Å². The summed E-state index contributed by atoms with van der Waals surface area (Å²) in [5.74, 6) is 0.809. The topological polar surface area (TPSA) is 55.1 Å². The van der Waals surface area contributed by atoms with Crippen LogP contribution in [0.4, 0.5) is 0 Å². The Morgan fingerprint density at radius 3 is 2.71 bits per heavy atom. The van der Waals surface area contributed by atoms with Crippen LogP contribution in [0.15, 0.2) is 6.20 Å². The largest absolute Gasteiger partial charge is 0.478 e. The van der Waals surface area contributed by atoms with E-state index in [2.05, 4.69) is 12.0 Å². The quantitative estimate of drug-likeness (QED) is 0.874. The number of carboxylic acid groups (broad SMARTS) is 1. The van der Waals surface area contributed by atoms with Crippen molar-refractivity contribution in [2.24, 2.45) is 11.8 Å². The summed E-state index contributed by atoms with van der Waals surface area (Å²) in [7, 11) is 0. The first-order chi connectivity index (χ1) is 7.99. The molecule has 1 saturated carbocycles. The molecule has 1 aliphatic rings. The Morgan fingerprint density at radius 2 is 2.24 bits per heavy atom. The number of hydrogen-bond acceptors (Lipinski definition) is 2. The van der Waals surface area contributed by atoms with Crippen molar-refractivity contribution in [3.05, 3.63) is 17.5 Å². The van der Waals surface area contributed by atoms with Crippen molar-refractivity contribution in [2.45, 2.75) is 46.1 Å². The molecule has 2 rings (SSSR count). The Morgan fingerprint density at radius 1 is 1.59 bits per heavy atom. The number of carboxylic acids is 1. The summed E-state index contributed by atoms with van der Waals surface area (Å²) in [4.78, 5) is 11.1. The van der Waals surface area contributed by atoms with Crippen molar-refractivity contribution in [3.8, 4) is 0 Å². The van der Waals surface area contributed by atoms with Gasteiger partial charge in [0.15, 0.2) is 0 Å². The monoisotopic (exact) mass is 236 g/mol. The zero-order valence-corrected chi connectivity index (χ0v) is 10.7. The average Bonchev–Trinajstić information content (AvgIpc) is 2.59. The van der Waals surface area contributed by atoms with E-state index in [4.69, 9.17) is 5.11 Å². The summed E-state index contributed by atoms with van der Waals surface area (Å²) >= 11 is 0. The summed E-state index contributed by atoms with van der Waals surface area (Å²) in [5.41, 5.74) is 1.21. The van der Waals surface area contributed by atoms with Gasteiger partial charge in [-0.1, -0.05) is 20.8 Å². The van der Waals surface area contributed by atoms with Gasteiger partial charge in [0.05, 0.1) is 11.9 Å². The number of hydrogen-bond donors (Lipinski definition) is 1. The van der Waals surface area contributed by atoms with E-state index < -0.39 is 5.97 Å². The van der Waals surface area contributed by atoms with Gasteiger partial charge >= 0.3 is 5.97 Å². The summed E-state index contributed by atoms with van der Waals surface area (Å²) in [5, 5.41) is 13.4. The molecule has 4 nitrogen and oxygen atoms in total. The minimum atomic E-state index is -0.873. The summed E-state index contributed by atoms with van der Waals surface area (Å²) in [6.45, 7) is 7.16. The third kappa shape index (κ3) is 2.35. The number of rotatable bonds is 4. The summed E-state index contributed by atoms with van der Waals surface area (Å²) in [6.07, 6.45) is 3.96. The highest BCUT2D eigenvalue weighted by atomic mass is 16.4. The smallest absolute Gasteiger partial charge is 0.339 e. The van der Waals surface area contributed by atoms with Crippen LogP contribution in [0.5, 0.6) is 0 Å². The lowest BCUT2D eigenvalue weighted by Crippen LogP contribution is -2.27. The summed E-state index contributed by atoms with van der Waals surface area (Å²) in [6, 6.07) is 0. The van der Waals surface area contributed by atoms with Gasteiger partial charge in [-0.15, -0.1) is 0 Å². The first-order valence-corrected chi connectivity index (χ1v) is 6.28. The van der Waals surface area contributed by atoms with Gasteiger partial charge in [0.2, 0.25) is 0 Å². The minimum Gasteiger partial charge on any atom is -0.478 e. The fourth-order valence-electron chi connectivity index (χ4n) is 2.78. The first kappa shape index (κ1) is 12.1. The fraction of sp³-hybridized carbons (Fsp3) is 0.692. The first-order valence-electron chi connectivity index (χ1n) is 6.28. The zero-order valence-electron chi connectivity index (χ0n) is 10.7. The molecular formula is C13H20N2O2. The van der Waals surface area contributed by atoms with Crippen LogP contribution < -0.4 is 0 Å². The Balaban J connectivity index is 2.19. The molecule has 0 aliphatic heterocycles. The molecule has 1 aliphatic carbocycles. The molecule has 94 valence electrons. The summed E-state index contributed by atoms with van der Waals surface area (Å²) < 4.78 is 1.89. The molecule has 1 N–H and O–H groups in total. The van der Waals surface area contributed by atoms with Crippen LogP contribution in [0.1, 0.15) is 55.6 Å². The van der Waals surface area contributed by atoms with Gasteiger partial charge < -0.3 is 5.11 Å².